The number of hydrogen-bond donors (Lipinski definition) is 1. The van der Waals surface area contributed by atoms with Crippen molar-refractivity contribution < 1.29 is 4.74 Å². The van der Waals surface area contributed by atoms with E-state index in [0.717, 1.165) is 51.9 Å². The van der Waals surface area contributed by atoms with Gasteiger partial charge in [-0.05, 0) is 31.9 Å². The quantitative estimate of drug-likeness (QED) is 0.664. The maximum atomic E-state index is 5.64. The molecule has 0 aromatic heterocycles. The molecule has 3 rings (SSSR count). The van der Waals surface area contributed by atoms with Gasteiger partial charge in [0.05, 0.1) is 13.2 Å². The van der Waals surface area contributed by atoms with E-state index in [1.165, 1.54) is 18.5 Å². The van der Waals surface area contributed by atoms with E-state index in [4.69, 9.17) is 9.73 Å². The minimum Gasteiger partial charge on any atom is -0.381 e. The average molecular weight is 330 g/mol. The number of likely N-dealkylation sites (N-methyl/N-ethyl adjacent to an activating group) is 1. The van der Waals surface area contributed by atoms with Gasteiger partial charge in [-0.3, -0.25) is 4.99 Å². The number of nitrogens with one attached hydrogen (secondary N) is 1. The molecule has 0 amide bonds. The SMILES string of the molecule is CCNC(=NCCN(C)c1ccccc1)N1CCC2(CCOC2)C1. The van der Waals surface area contributed by atoms with Crippen LogP contribution >= 0.6 is 0 Å². The summed E-state index contributed by atoms with van der Waals surface area (Å²) in [6.45, 7) is 8.76. The summed E-state index contributed by atoms with van der Waals surface area (Å²) in [6, 6.07) is 10.5. The van der Waals surface area contributed by atoms with Crippen molar-refractivity contribution in [3.05, 3.63) is 30.3 Å². The van der Waals surface area contributed by atoms with Crippen LogP contribution in [0.15, 0.2) is 35.3 Å². The third-order valence-electron chi connectivity index (χ3n) is 5.15. The molecule has 2 heterocycles. The average Bonchev–Trinajstić information content (AvgIpc) is 3.25. The normalized spacial score (nSPS) is 23.9. The molecule has 1 spiro atoms. The van der Waals surface area contributed by atoms with E-state index >= 15 is 0 Å². The van der Waals surface area contributed by atoms with Crippen molar-refractivity contribution in [3.8, 4) is 0 Å². The number of anilines is 1. The van der Waals surface area contributed by atoms with Gasteiger partial charge in [-0.1, -0.05) is 18.2 Å². The van der Waals surface area contributed by atoms with Crippen molar-refractivity contribution in [3.63, 3.8) is 0 Å². The topological polar surface area (TPSA) is 40.1 Å². The zero-order chi connectivity index (χ0) is 16.8. The molecule has 5 nitrogen and oxygen atoms in total. The van der Waals surface area contributed by atoms with Crippen molar-refractivity contribution in [2.75, 3.05) is 57.9 Å². The van der Waals surface area contributed by atoms with Gasteiger partial charge in [0, 0.05) is 50.9 Å². The first-order valence-electron chi connectivity index (χ1n) is 9.10. The summed E-state index contributed by atoms with van der Waals surface area (Å²) in [5.74, 6) is 1.06. The summed E-state index contributed by atoms with van der Waals surface area (Å²) in [5, 5.41) is 3.46. The van der Waals surface area contributed by atoms with Crippen LogP contribution in [0.1, 0.15) is 19.8 Å². The Morgan fingerprint density at radius 1 is 1.33 bits per heavy atom. The van der Waals surface area contributed by atoms with Gasteiger partial charge < -0.3 is 19.9 Å². The Hall–Kier alpha value is -1.75. The summed E-state index contributed by atoms with van der Waals surface area (Å²) in [6.07, 6.45) is 2.42. The van der Waals surface area contributed by atoms with Crippen molar-refractivity contribution in [2.24, 2.45) is 10.4 Å². The molecule has 0 bridgehead atoms. The van der Waals surface area contributed by atoms with Gasteiger partial charge in [0.25, 0.3) is 0 Å². The van der Waals surface area contributed by atoms with Gasteiger partial charge >= 0.3 is 0 Å². The molecular formula is C19H30N4O. The third kappa shape index (κ3) is 4.01. The molecule has 0 saturated carbocycles. The largest absolute Gasteiger partial charge is 0.381 e. The molecule has 1 atom stereocenters. The van der Waals surface area contributed by atoms with Crippen LogP contribution in [0, 0.1) is 5.41 Å². The highest BCUT2D eigenvalue weighted by atomic mass is 16.5. The van der Waals surface area contributed by atoms with E-state index < -0.39 is 0 Å². The molecule has 2 saturated heterocycles. The molecule has 1 aromatic carbocycles. The van der Waals surface area contributed by atoms with Crippen LogP contribution in [0.2, 0.25) is 0 Å². The Labute approximate surface area is 145 Å². The number of hydrogen-bond acceptors (Lipinski definition) is 3. The van der Waals surface area contributed by atoms with Crippen molar-refractivity contribution >= 4 is 11.6 Å². The molecule has 1 N–H and O–H groups in total. The van der Waals surface area contributed by atoms with E-state index in [9.17, 15) is 0 Å². The standard InChI is InChI=1S/C19H30N4O/c1-3-20-18(23-12-9-19(15-23)10-14-24-16-19)21-11-13-22(2)17-7-5-4-6-8-17/h4-8H,3,9-16H2,1-2H3,(H,20,21). The highest BCUT2D eigenvalue weighted by Crippen LogP contribution is 2.38. The predicted molar refractivity (Wildman–Crippen MR) is 99.7 cm³/mol. The molecule has 24 heavy (non-hydrogen) atoms. The molecule has 1 aromatic rings. The first-order chi connectivity index (χ1) is 11.7. The predicted octanol–water partition coefficient (Wildman–Crippen LogP) is 2.20. The molecule has 2 fully saturated rings. The van der Waals surface area contributed by atoms with Crippen molar-refractivity contribution in [1.82, 2.24) is 10.2 Å². The second-order valence-corrected chi connectivity index (χ2v) is 6.97. The number of benzene rings is 1. The molecule has 1 unspecified atom stereocenters. The van der Waals surface area contributed by atoms with E-state index in [1.807, 2.05) is 0 Å². The smallest absolute Gasteiger partial charge is 0.193 e. The van der Waals surface area contributed by atoms with Crippen molar-refractivity contribution in [1.29, 1.82) is 0 Å². The Bertz CT molecular complexity index is 540. The van der Waals surface area contributed by atoms with Crippen LogP contribution in [0.5, 0.6) is 0 Å². The van der Waals surface area contributed by atoms with E-state index in [1.54, 1.807) is 0 Å². The highest BCUT2D eigenvalue weighted by Gasteiger charge is 2.42. The van der Waals surface area contributed by atoms with Crippen LogP contribution in [-0.2, 0) is 4.74 Å². The first kappa shape index (κ1) is 17.1. The molecule has 2 aliphatic rings. The second-order valence-electron chi connectivity index (χ2n) is 6.97. The monoisotopic (exact) mass is 330 g/mol. The number of rotatable bonds is 5. The summed E-state index contributed by atoms with van der Waals surface area (Å²) >= 11 is 0. The molecular weight excluding hydrogens is 300 g/mol. The molecule has 0 radical (unpaired) electrons. The summed E-state index contributed by atoms with van der Waals surface area (Å²) in [5.41, 5.74) is 1.61. The van der Waals surface area contributed by atoms with E-state index in [0.29, 0.717) is 5.41 Å². The van der Waals surface area contributed by atoms with Gasteiger partial charge in [0.15, 0.2) is 5.96 Å². The number of guanidine groups is 1. The van der Waals surface area contributed by atoms with Crippen molar-refractivity contribution in [2.45, 2.75) is 19.8 Å². The van der Waals surface area contributed by atoms with Crippen LogP contribution in [0.25, 0.3) is 0 Å². The van der Waals surface area contributed by atoms with E-state index in [2.05, 4.69) is 59.4 Å². The lowest BCUT2D eigenvalue weighted by molar-refractivity contribution is 0.156. The fourth-order valence-corrected chi connectivity index (χ4v) is 3.63. The van der Waals surface area contributed by atoms with Gasteiger partial charge in [-0.2, -0.15) is 0 Å². The number of likely N-dealkylation sites (tertiary alicyclic amines) is 1. The Balaban J connectivity index is 1.56. The minimum absolute atomic E-state index is 0.372. The Morgan fingerprint density at radius 2 is 2.17 bits per heavy atom. The summed E-state index contributed by atoms with van der Waals surface area (Å²) in [4.78, 5) is 9.54. The van der Waals surface area contributed by atoms with Gasteiger partial charge in [0.2, 0.25) is 0 Å². The fraction of sp³-hybridized carbons (Fsp3) is 0.632. The second kappa shape index (κ2) is 7.88. The maximum absolute atomic E-state index is 5.64. The highest BCUT2D eigenvalue weighted by molar-refractivity contribution is 5.80. The van der Waals surface area contributed by atoms with Gasteiger partial charge in [-0.15, -0.1) is 0 Å². The molecule has 132 valence electrons. The third-order valence-corrected chi connectivity index (χ3v) is 5.15. The van der Waals surface area contributed by atoms with Crippen LogP contribution < -0.4 is 10.2 Å². The lowest BCUT2D eigenvalue weighted by atomic mass is 9.87. The number of para-hydroxylation sites is 1. The Morgan fingerprint density at radius 3 is 2.88 bits per heavy atom. The van der Waals surface area contributed by atoms with Gasteiger partial charge in [-0.25, -0.2) is 0 Å². The van der Waals surface area contributed by atoms with Gasteiger partial charge in [0.1, 0.15) is 0 Å². The summed E-state index contributed by atoms with van der Waals surface area (Å²) < 4.78 is 5.64. The number of nitrogens with zero attached hydrogens (tertiary/aromatic N) is 3. The molecule has 0 aliphatic carbocycles. The zero-order valence-corrected chi connectivity index (χ0v) is 15.0. The molecule has 5 heteroatoms. The number of aliphatic imine (C=N–C) groups is 1. The zero-order valence-electron chi connectivity index (χ0n) is 15.0. The fourth-order valence-electron chi connectivity index (χ4n) is 3.63. The lowest BCUT2D eigenvalue weighted by Gasteiger charge is -2.25. The van der Waals surface area contributed by atoms with Crippen LogP contribution in [0.3, 0.4) is 0 Å². The lowest BCUT2D eigenvalue weighted by Crippen LogP contribution is -2.42. The minimum atomic E-state index is 0.372. The molecule has 2 aliphatic heterocycles. The van der Waals surface area contributed by atoms with E-state index in [-0.39, 0.29) is 0 Å². The Kier molecular flexibility index (Phi) is 5.61. The first-order valence-corrected chi connectivity index (χ1v) is 9.10. The van der Waals surface area contributed by atoms with Crippen LogP contribution in [-0.4, -0.2) is 63.8 Å². The maximum Gasteiger partial charge on any atom is 0.193 e. The van der Waals surface area contributed by atoms with Crippen LogP contribution in [0.4, 0.5) is 5.69 Å². The number of ether oxygens (including phenoxy) is 1. The summed E-state index contributed by atoms with van der Waals surface area (Å²) in [7, 11) is 2.12.